The number of anilines is 1. The van der Waals surface area contributed by atoms with Crippen LogP contribution in [-0.4, -0.2) is 5.16 Å². The Bertz CT molecular complexity index is 286. The maximum absolute atomic E-state index is 5.60. The molecule has 0 bridgehead atoms. The minimum Gasteiger partial charge on any atom is -0.380 e. The lowest BCUT2D eigenvalue weighted by Crippen LogP contribution is -1.89. The monoisotopic (exact) mass is 322 g/mol. The summed E-state index contributed by atoms with van der Waals surface area (Å²) in [7, 11) is 0. The van der Waals surface area contributed by atoms with Gasteiger partial charge >= 0.3 is 0 Å². The number of halogens is 1. The molecule has 0 fully saturated rings. The van der Waals surface area contributed by atoms with Gasteiger partial charge in [0, 0.05) is 6.42 Å². The first-order valence-corrected chi connectivity index (χ1v) is 6.73. The summed E-state index contributed by atoms with van der Waals surface area (Å²) in [5.74, 6) is 1.47. The van der Waals surface area contributed by atoms with Crippen LogP contribution in [0.2, 0.25) is 0 Å². The highest BCUT2D eigenvalue weighted by Crippen LogP contribution is 2.20. The van der Waals surface area contributed by atoms with Crippen LogP contribution in [0.4, 0.5) is 5.82 Å². The van der Waals surface area contributed by atoms with Gasteiger partial charge in [0.15, 0.2) is 11.6 Å². The minimum atomic E-state index is 0.525. The topological polar surface area (TPSA) is 52.0 Å². The summed E-state index contributed by atoms with van der Waals surface area (Å²) in [6.45, 7) is 2.24. The zero-order valence-electron chi connectivity index (χ0n) is 9.26. The summed E-state index contributed by atoms with van der Waals surface area (Å²) < 4.78 is 6.13. The van der Waals surface area contributed by atoms with Crippen molar-refractivity contribution in [2.45, 2.75) is 51.9 Å². The van der Waals surface area contributed by atoms with Crippen LogP contribution >= 0.6 is 22.6 Å². The zero-order valence-corrected chi connectivity index (χ0v) is 11.4. The first-order chi connectivity index (χ1) is 7.25. The van der Waals surface area contributed by atoms with Gasteiger partial charge in [0.1, 0.15) is 0 Å². The summed E-state index contributed by atoms with van der Waals surface area (Å²) in [6.07, 6.45) is 8.75. The molecule has 1 aromatic heterocycles. The summed E-state index contributed by atoms with van der Waals surface area (Å²) in [5.41, 5.74) is 5.60. The average molecular weight is 322 g/mol. The highest BCUT2D eigenvalue weighted by molar-refractivity contribution is 14.1. The fourth-order valence-electron chi connectivity index (χ4n) is 1.55. The summed E-state index contributed by atoms with van der Waals surface area (Å²) in [4.78, 5) is 0. The standard InChI is InChI=1S/C11H19IN2O/c1-2-3-4-5-6-7-8-9-10(12)11(13)14-15-9/h2-8H2,1H3,(H2,13,14). The molecule has 15 heavy (non-hydrogen) atoms. The predicted molar refractivity (Wildman–Crippen MR) is 70.7 cm³/mol. The second-order valence-corrected chi connectivity index (χ2v) is 4.90. The second-order valence-electron chi connectivity index (χ2n) is 3.82. The van der Waals surface area contributed by atoms with Gasteiger partial charge in [-0.15, -0.1) is 0 Å². The van der Waals surface area contributed by atoms with Gasteiger partial charge in [0.2, 0.25) is 0 Å². The third-order valence-electron chi connectivity index (χ3n) is 2.48. The van der Waals surface area contributed by atoms with Crippen molar-refractivity contribution in [2.24, 2.45) is 0 Å². The number of aryl methyl sites for hydroxylation is 1. The number of rotatable bonds is 7. The third-order valence-corrected chi connectivity index (χ3v) is 3.64. The Hall–Kier alpha value is -0.260. The number of nitrogens with zero attached hydrogens (tertiary/aromatic N) is 1. The minimum absolute atomic E-state index is 0.525. The predicted octanol–water partition coefficient (Wildman–Crippen LogP) is 3.76. The molecule has 3 nitrogen and oxygen atoms in total. The number of aromatic nitrogens is 1. The molecule has 0 aliphatic heterocycles. The van der Waals surface area contributed by atoms with Crippen LogP contribution in [0.1, 0.15) is 51.2 Å². The van der Waals surface area contributed by atoms with E-state index in [2.05, 4.69) is 34.7 Å². The number of nitrogens with two attached hydrogens (primary N) is 1. The van der Waals surface area contributed by atoms with Crippen molar-refractivity contribution in [3.63, 3.8) is 0 Å². The number of unbranched alkanes of at least 4 members (excludes halogenated alkanes) is 5. The molecule has 1 aromatic rings. The van der Waals surface area contributed by atoms with Crippen molar-refractivity contribution >= 4 is 28.4 Å². The maximum Gasteiger partial charge on any atom is 0.180 e. The lowest BCUT2D eigenvalue weighted by Gasteiger charge is -1.98. The molecule has 86 valence electrons. The lowest BCUT2D eigenvalue weighted by molar-refractivity contribution is 0.380. The molecule has 0 radical (unpaired) electrons. The lowest BCUT2D eigenvalue weighted by atomic mass is 10.1. The second kappa shape index (κ2) is 7.09. The van der Waals surface area contributed by atoms with E-state index < -0.39 is 0 Å². The Balaban J connectivity index is 2.12. The van der Waals surface area contributed by atoms with Gasteiger partial charge in [0.05, 0.1) is 3.57 Å². The van der Waals surface area contributed by atoms with Crippen molar-refractivity contribution in [2.75, 3.05) is 5.73 Å². The molecule has 0 spiro atoms. The van der Waals surface area contributed by atoms with Crippen LogP contribution in [-0.2, 0) is 6.42 Å². The molecule has 0 aliphatic rings. The Morgan fingerprint density at radius 3 is 2.47 bits per heavy atom. The molecule has 0 aromatic carbocycles. The van der Waals surface area contributed by atoms with Crippen molar-refractivity contribution < 1.29 is 4.52 Å². The van der Waals surface area contributed by atoms with Crippen LogP contribution in [0.3, 0.4) is 0 Å². The van der Waals surface area contributed by atoms with Crippen LogP contribution in [0, 0.1) is 3.57 Å². The SMILES string of the molecule is CCCCCCCCc1onc(N)c1I. The fraction of sp³-hybridized carbons (Fsp3) is 0.727. The molecule has 2 N–H and O–H groups in total. The molecule has 1 heterocycles. The molecule has 4 heteroatoms. The molecule has 0 atom stereocenters. The van der Waals surface area contributed by atoms with Crippen molar-refractivity contribution in [1.82, 2.24) is 5.16 Å². The Morgan fingerprint density at radius 1 is 1.20 bits per heavy atom. The largest absolute Gasteiger partial charge is 0.380 e. The molecule has 0 aliphatic carbocycles. The van der Waals surface area contributed by atoms with E-state index in [4.69, 9.17) is 10.3 Å². The van der Waals surface area contributed by atoms with Gasteiger partial charge in [-0.1, -0.05) is 44.2 Å². The van der Waals surface area contributed by atoms with Gasteiger partial charge in [-0.25, -0.2) is 0 Å². The van der Waals surface area contributed by atoms with E-state index in [1.54, 1.807) is 0 Å². The third kappa shape index (κ3) is 4.40. The molecule has 0 saturated carbocycles. The van der Waals surface area contributed by atoms with Crippen LogP contribution in [0.15, 0.2) is 4.52 Å². The Morgan fingerprint density at radius 2 is 1.87 bits per heavy atom. The smallest absolute Gasteiger partial charge is 0.180 e. The van der Waals surface area contributed by atoms with Crippen molar-refractivity contribution in [3.8, 4) is 0 Å². The van der Waals surface area contributed by atoms with Gasteiger partial charge in [0.25, 0.3) is 0 Å². The van der Waals surface area contributed by atoms with E-state index in [1.807, 2.05) is 0 Å². The average Bonchev–Trinajstić information content (AvgIpc) is 2.54. The molecule has 0 saturated heterocycles. The van der Waals surface area contributed by atoms with Crippen molar-refractivity contribution in [1.29, 1.82) is 0 Å². The molecule has 0 unspecified atom stereocenters. The molecule has 0 amide bonds. The molecule has 1 rings (SSSR count). The van der Waals surface area contributed by atoms with E-state index in [-0.39, 0.29) is 0 Å². The van der Waals surface area contributed by atoms with Crippen LogP contribution in [0.25, 0.3) is 0 Å². The summed E-state index contributed by atoms with van der Waals surface area (Å²) in [5, 5.41) is 3.74. The van der Waals surface area contributed by atoms with Crippen molar-refractivity contribution in [3.05, 3.63) is 9.33 Å². The summed E-state index contributed by atoms with van der Waals surface area (Å²) in [6, 6.07) is 0. The Labute approximate surface area is 105 Å². The first kappa shape index (κ1) is 12.8. The Kier molecular flexibility index (Phi) is 6.05. The maximum atomic E-state index is 5.60. The van der Waals surface area contributed by atoms with E-state index in [1.165, 1.54) is 38.5 Å². The number of hydrogen-bond donors (Lipinski definition) is 1. The van der Waals surface area contributed by atoms with Gasteiger partial charge < -0.3 is 10.3 Å². The highest BCUT2D eigenvalue weighted by Gasteiger charge is 2.09. The zero-order chi connectivity index (χ0) is 11.1. The molecular weight excluding hydrogens is 303 g/mol. The van der Waals surface area contributed by atoms with E-state index in [9.17, 15) is 0 Å². The first-order valence-electron chi connectivity index (χ1n) is 5.65. The van der Waals surface area contributed by atoms with E-state index in [0.717, 1.165) is 15.8 Å². The van der Waals surface area contributed by atoms with Gasteiger partial charge in [-0.05, 0) is 29.0 Å². The highest BCUT2D eigenvalue weighted by atomic mass is 127. The van der Waals surface area contributed by atoms with E-state index in [0.29, 0.717) is 5.82 Å². The fourth-order valence-corrected chi connectivity index (χ4v) is 2.02. The van der Waals surface area contributed by atoms with Crippen LogP contribution in [0.5, 0.6) is 0 Å². The number of nitrogen functional groups attached to an aromatic ring is 1. The molecular formula is C11H19IN2O. The summed E-state index contributed by atoms with van der Waals surface area (Å²) >= 11 is 2.19. The van der Waals surface area contributed by atoms with E-state index >= 15 is 0 Å². The van der Waals surface area contributed by atoms with Gasteiger partial charge in [-0.2, -0.15) is 0 Å². The normalized spacial score (nSPS) is 10.8. The quantitative estimate of drug-likeness (QED) is 0.614. The van der Waals surface area contributed by atoms with Crippen LogP contribution < -0.4 is 5.73 Å². The number of hydrogen-bond acceptors (Lipinski definition) is 3. The van der Waals surface area contributed by atoms with Gasteiger partial charge in [-0.3, -0.25) is 0 Å².